The van der Waals surface area contributed by atoms with Crippen molar-refractivity contribution < 1.29 is 43.6 Å². The third-order valence-corrected chi connectivity index (χ3v) is 2.85. The van der Waals surface area contributed by atoms with Crippen molar-refractivity contribution in [3.63, 3.8) is 0 Å². The van der Waals surface area contributed by atoms with Crippen molar-refractivity contribution in [2.24, 2.45) is 5.73 Å². The molecule has 1 atom stereocenters. The number of anilines is 1. The molecule has 7 nitrogen and oxygen atoms in total. The van der Waals surface area contributed by atoms with Crippen molar-refractivity contribution in [3.8, 4) is 0 Å². The van der Waals surface area contributed by atoms with Crippen LogP contribution in [0.5, 0.6) is 0 Å². The summed E-state index contributed by atoms with van der Waals surface area (Å²) in [7, 11) is 0. The summed E-state index contributed by atoms with van der Waals surface area (Å²) in [5, 5.41) is 25.0. The van der Waals surface area contributed by atoms with E-state index in [1.807, 2.05) is 0 Å². The number of benzene rings is 1. The summed E-state index contributed by atoms with van der Waals surface area (Å²) in [6.45, 7) is -3.11. The van der Waals surface area contributed by atoms with Gasteiger partial charge >= 0.3 is 18.1 Å². The molecule has 0 aliphatic rings. The maximum absolute atomic E-state index is 10.7. The van der Waals surface area contributed by atoms with Crippen molar-refractivity contribution in [2.45, 2.75) is 18.6 Å². The van der Waals surface area contributed by atoms with Crippen LogP contribution in [-0.4, -0.2) is 65.0 Å². The summed E-state index contributed by atoms with van der Waals surface area (Å²) in [5.41, 5.74) is 6.40. The standard InChI is InChI=1S/C13H19ClN2O3.C2HF3O2/c14-5-6-16(7-8-17)11-3-1-10(2-4-11)9-12(15)13(18)19;3-2(4,5)1(6)7/h1-4,12,17H,5-9,15H2,(H,18,19);(H,6,7)/t12-;/m1./s1/i5D2,6D2;. The molecule has 0 spiro atoms. The van der Waals surface area contributed by atoms with Gasteiger partial charge < -0.3 is 26.0 Å². The van der Waals surface area contributed by atoms with Crippen molar-refractivity contribution in [2.75, 3.05) is 30.4 Å². The minimum Gasteiger partial charge on any atom is -0.480 e. The van der Waals surface area contributed by atoms with E-state index in [-0.39, 0.29) is 13.0 Å². The number of aliphatic hydroxyl groups excluding tert-OH is 1. The quantitative estimate of drug-likeness (QED) is 0.481. The summed E-state index contributed by atoms with van der Waals surface area (Å²) < 4.78 is 62.3. The maximum Gasteiger partial charge on any atom is 0.490 e. The number of aliphatic hydroxyl groups is 1. The molecule has 0 heterocycles. The van der Waals surface area contributed by atoms with Gasteiger partial charge in [0.15, 0.2) is 0 Å². The molecule has 1 aromatic rings. The molecule has 0 radical (unpaired) electrons. The van der Waals surface area contributed by atoms with E-state index >= 15 is 0 Å². The number of rotatable bonds is 8. The Morgan fingerprint density at radius 2 is 1.77 bits per heavy atom. The van der Waals surface area contributed by atoms with Gasteiger partial charge in [-0.3, -0.25) is 4.79 Å². The topological polar surface area (TPSA) is 124 Å². The zero-order chi connectivity index (χ0) is 23.9. The molecular formula is C15H20ClF3N2O5. The van der Waals surface area contributed by atoms with Crippen LogP contribution < -0.4 is 10.6 Å². The third kappa shape index (κ3) is 9.44. The fraction of sp³-hybridized carbons (Fsp3) is 0.467. The van der Waals surface area contributed by atoms with Gasteiger partial charge in [-0.05, 0) is 24.1 Å². The minimum absolute atomic E-state index is 0.110. The van der Waals surface area contributed by atoms with E-state index in [4.69, 9.17) is 42.9 Å². The van der Waals surface area contributed by atoms with Crippen LogP contribution >= 0.6 is 11.6 Å². The lowest BCUT2D eigenvalue weighted by Crippen LogP contribution is -2.32. The van der Waals surface area contributed by atoms with E-state index < -0.39 is 43.1 Å². The van der Waals surface area contributed by atoms with E-state index in [1.165, 1.54) is 12.1 Å². The van der Waals surface area contributed by atoms with Crippen LogP contribution in [-0.2, 0) is 16.0 Å². The first-order chi connectivity index (χ1) is 13.4. The number of hydrogen-bond donors (Lipinski definition) is 4. The molecule has 0 unspecified atom stereocenters. The molecule has 26 heavy (non-hydrogen) atoms. The molecule has 11 heteroatoms. The number of alkyl halides is 4. The molecule has 0 amide bonds. The van der Waals surface area contributed by atoms with Gasteiger partial charge in [0.05, 0.1) is 9.35 Å². The number of aliphatic carboxylic acids is 2. The highest BCUT2D eigenvalue weighted by atomic mass is 35.5. The number of halogens is 4. The number of hydrogen-bond acceptors (Lipinski definition) is 5. The molecule has 0 aromatic heterocycles. The molecule has 1 aromatic carbocycles. The molecule has 5 N–H and O–H groups in total. The number of carboxylic acids is 2. The van der Waals surface area contributed by atoms with Crippen LogP contribution in [0.15, 0.2) is 24.3 Å². The van der Waals surface area contributed by atoms with Gasteiger partial charge in [-0.1, -0.05) is 12.1 Å². The molecule has 0 aliphatic carbocycles. The number of carbonyl (C=O) groups is 2. The predicted molar refractivity (Wildman–Crippen MR) is 89.5 cm³/mol. The summed E-state index contributed by atoms with van der Waals surface area (Å²) in [5.74, 6) is -6.55. The first kappa shape index (κ1) is 17.4. The Bertz CT molecular complexity index is 718. The lowest BCUT2D eigenvalue weighted by atomic mass is 10.1. The molecule has 1 rings (SSSR count). The third-order valence-electron chi connectivity index (χ3n) is 2.76. The van der Waals surface area contributed by atoms with E-state index in [9.17, 15) is 18.0 Å². The largest absolute Gasteiger partial charge is 0.490 e. The fourth-order valence-electron chi connectivity index (χ4n) is 1.55. The average molecular weight is 405 g/mol. The molecule has 0 saturated heterocycles. The number of nitrogens with two attached hydrogens (primary N) is 1. The van der Waals surface area contributed by atoms with E-state index in [1.54, 1.807) is 12.1 Å². The van der Waals surface area contributed by atoms with Gasteiger partial charge in [0, 0.05) is 27.3 Å². The summed E-state index contributed by atoms with van der Waals surface area (Å²) in [6, 6.07) is 5.10. The molecule has 148 valence electrons. The molecule has 0 fully saturated rings. The predicted octanol–water partition coefficient (Wildman–Crippen LogP) is 1.31. The normalized spacial score (nSPS) is 15.3. The van der Waals surface area contributed by atoms with Gasteiger partial charge in [0.25, 0.3) is 0 Å². The minimum atomic E-state index is -5.08. The van der Waals surface area contributed by atoms with Crippen molar-refractivity contribution in [3.05, 3.63) is 29.8 Å². The monoisotopic (exact) mass is 404 g/mol. The van der Waals surface area contributed by atoms with Gasteiger partial charge in [0.2, 0.25) is 0 Å². The highest BCUT2D eigenvalue weighted by molar-refractivity contribution is 6.18. The Balaban J connectivity index is 0.00000103. The van der Waals surface area contributed by atoms with Gasteiger partial charge in [0.1, 0.15) is 6.04 Å². The highest BCUT2D eigenvalue weighted by Gasteiger charge is 2.38. The zero-order valence-corrected chi connectivity index (χ0v) is 14.0. The second kappa shape index (κ2) is 11.6. The van der Waals surface area contributed by atoms with Crippen molar-refractivity contribution >= 4 is 29.2 Å². The molecule has 0 saturated carbocycles. The summed E-state index contributed by atoms with van der Waals surface area (Å²) in [4.78, 5) is 20.6. The summed E-state index contributed by atoms with van der Waals surface area (Å²) >= 11 is 5.49. The lowest BCUT2D eigenvalue weighted by Gasteiger charge is -2.23. The van der Waals surface area contributed by atoms with Crippen LogP contribution in [0.2, 0.25) is 0 Å². The van der Waals surface area contributed by atoms with Crippen LogP contribution in [0.4, 0.5) is 18.9 Å². The van der Waals surface area contributed by atoms with Crippen LogP contribution in [0.25, 0.3) is 0 Å². The zero-order valence-electron chi connectivity index (χ0n) is 17.2. The van der Waals surface area contributed by atoms with E-state index in [0.717, 1.165) is 4.90 Å². The Morgan fingerprint density at radius 3 is 2.12 bits per heavy atom. The van der Waals surface area contributed by atoms with Crippen LogP contribution in [0.1, 0.15) is 11.0 Å². The lowest BCUT2D eigenvalue weighted by molar-refractivity contribution is -0.192. The smallest absolute Gasteiger partial charge is 0.480 e. The first-order valence-corrected chi connectivity index (χ1v) is 7.27. The van der Waals surface area contributed by atoms with E-state index in [2.05, 4.69) is 0 Å². The average Bonchev–Trinajstić information content (AvgIpc) is 2.59. The molecule has 0 bridgehead atoms. The van der Waals surface area contributed by atoms with Crippen LogP contribution in [0.3, 0.4) is 0 Å². The van der Waals surface area contributed by atoms with Gasteiger partial charge in [-0.2, -0.15) is 13.2 Å². The number of carboxylic acid groups (broad SMARTS) is 2. The molecular weight excluding hydrogens is 381 g/mol. The second-order valence-electron chi connectivity index (χ2n) is 4.70. The number of nitrogens with zero attached hydrogens (tertiary/aromatic N) is 1. The second-order valence-corrected chi connectivity index (χ2v) is 4.89. The Hall–Kier alpha value is -2.04. The summed E-state index contributed by atoms with van der Waals surface area (Å²) in [6.07, 6.45) is -4.97. The van der Waals surface area contributed by atoms with Gasteiger partial charge in [-0.25, -0.2) is 4.79 Å². The fourth-order valence-corrected chi connectivity index (χ4v) is 1.66. The van der Waals surface area contributed by atoms with Crippen LogP contribution in [0, 0.1) is 0 Å². The van der Waals surface area contributed by atoms with Crippen molar-refractivity contribution in [1.82, 2.24) is 0 Å². The Labute approximate surface area is 158 Å². The molecule has 0 aliphatic heterocycles. The SMILES string of the molecule is O=C(O)C(F)(F)F.[2H]C([2H])(Cl)C([2H])([2H])N(CCO)c1ccc(C[C@@H](N)C(=O)O)cc1. The van der Waals surface area contributed by atoms with Gasteiger partial charge in [-0.15, -0.1) is 11.6 Å². The first-order valence-electron chi connectivity index (χ1n) is 8.90. The van der Waals surface area contributed by atoms with Crippen molar-refractivity contribution in [1.29, 1.82) is 0 Å². The maximum atomic E-state index is 10.7. The Morgan fingerprint density at radius 1 is 1.27 bits per heavy atom. The highest BCUT2D eigenvalue weighted by Crippen LogP contribution is 2.16. The Kier molecular flexibility index (Phi) is 7.72. The van der Waals surface area contributed by atoms with E-state index in [0.29, 0.717) is 11.3 Å².